The maximum atomic E-state index is 12.1. The van der Waals surface area contributed by atoms with E-state index in [1.165, 1.54) is 23.8 Å². The standard InChI is InChI=1S/C17H12N4O3S/c22-17(12-4-5-15(18-9-12)21-7-2-6-19-21)24-11-13-10-23-16(20-13)14-3-1-8-25-14/h1-10H,11H2. The molecule has 0 saturated heterocycles. The van der Waals surface area contributed by atoms with E-state index in [1.54, 1.807) is 35.3 Å². The minimum Gasteiger partial charge on any atom is -0.455 e. The summed E-state index contributed by atoms with van der Waals surface area (Å²) in [5.41, 5.74) is 0.913. The van der Waals surface area contributed by atoms with Gasteiger partial charge in [-0.2, -0.15) is 5.10 Å². The summed E-state index contributed by atoms with van der Waals surface area (Å²) in [7, 11) is 0. The summed E-state index contributed by atoms with van der Waals surface area (Å²) in [4.78, 5) is 21.5. The Labute approximate surface area is 146 Å². The summed E-state index contributed by atoms with van der Waals surface area (Å²) in [6.45, 7) is 0.0363. The first-order valence-electron chi connectivity index (χ1n) is 7.41. The molecule has 4 aromatic heterocycles. The van der Waals surface area contributed by atoms with E-state index >= 15 is 0 Å². The number of esters is 1. The van der Waals surface area contributed by atoms with Gasteiger partial charge in [0.15, 0.2) is 5.82 Å². The van der Waals surface area contributed by atoms with Crippen molar-refractivity contribution in [2.45, 2.75) is 6.61 Å². The molecule has 0 spiro atoms. The highest BCUT2D eigenvalue weighted by molar-refractivity contribution is 7.13. The van der Waals surface area contributed by atoms with Crippen molar-refractivity contribution < 1.29 is 13.9 Å². The van der Waals surface area contributed by atoms with Crippen molar-refractivity contribution in [3.05, 3.63) is 71.8 Å². The molecule has 0 aromatic carbocycles. The Hall–Kier alpha value is -3.26. The molecule has 0 aliphatic rings. The highest BCUT2D eigenvalue weighted by Crippen LogP contribution is 2.23. The van der Waals surface area contributed by atoms with E-state index in [1.807, 2.05) is 17.5 Å². The Kier molecular flexibility index (Phi) is 4.09. The number of thiophene rings is 1. The van der Waals surface area contributed by atoms with Crippen molar-refractivity contribution in [2.75, 3.05) is 0 Å². The number of oxazole rings is 1. The van der Waals surface area contributed by atoms with Crippen molar-refractivity contribution in [3.8, 4) is 16.6 Å². The van der Waals surface area contributed by atoms with E-state index < -0.39 is 5.97 Å². The SMILES string of the molecule is O=C(OCc1coc(-c2cccs2)n1)c1ccc(-n2cccn2)nc1. The van der Waals surface area contributed by atoms with E-state index in [0.29, 0.717) is 23.0 Å². The molecule has 0 radical (unpaired) electrons. The Morgan fingerprint density at radius 3 is 2.96 bits per heavy atom. The number of aromatic nitrogens is 4. The molecule has 8 heteroatoms. The summed E-state index contributed by atoms with van der Waals surface area (Å²) in [6.07, 6.45) is 6.38. The van der Waals surface area contributed by atoms with Gasteiger partial charge < -0.3 is 9.15 Å². The van der Waals surface area contributed by atoms with Gasteiger partial charge in [-0.15, -0.1) is 11.3 Å². The molecule has 0 N–H and O–H groups in total. The maximum absolute atomic E-state index is 12.1. The molecule has 0 saturated carbocycles. The van der Waals surface area contributed by atoms with Crippen molar-refractivity contribution >= 4 is 17.3 Å². The van der Waals surface area contributed by atoms with Gasteiger partial charge in [0.2, 0.25) is 5.89 Å². The zero-order chi connectivity index (χ0) is 17.1. The Bertz CT molecular complexity index is 960. The molecule has 124 valence electrons. The minimum atomic E-state index is -0.472. The fourth-order valence-electron chi connectivity index (χ4n) is 2.16. The fourth-order valence-corrected chi connectivity index (χ4v) is 2.81. The number of hydrogen-bond donors (Lipinski definition) is 0. The average Bonchev–Trinajstić information content (AvgIpc) is 3.42. The second kappa shape index (κ2) is 6.70. The van der Waals surface area contributed by atoms with E-state index in [2.05, 4.69) is 15.1 Å². The molecule has 0 bridgehead atoms. The molecule has 0 aliphatic carbocycles. The van der Waals surface area contributed by atoms with E-state index in [4.69, 9.17) is 9.15 Å². The number of ether oxygens (including phenoxy) is 1. The van der Waals surface area contributed by atoms with Crippen LogP contribution in [0.1, 0.15) is 16.1 Å². The lowest BCUT2D eigenvalue weighted by Gasteiger charge is -2.04. The maximum Gasteiger partial charge on any atom is 0.340 e. The first kappa shape index (κ1) is 15.3. The van der Waals surface area contributed by atoms with E-state index in [-0.39, 0.29) is 6.61 Å². The van der Waals surface area contributed by atoms with E-state index in [0.717, 1.165) is 4.88 Å². The van der Waals surface area contributed by atoms with Gasteiger partial charge in [-0.05, 0) is 29.6 Å². The number of rotatable bonds is 5. The van der Waals surface area contributed by atoms with Crippen molar-refractivity contribution in [1.82, 2.24) is 19.7 Å². The normalized spacial score (nSPS) is 10.7. The van der Waals surface area contributed by atoms with Crippen LogP contribution in [0.4, 0.5) is 0 Å². The van der Waals surface area contributed by atoms with Crippen LogP contribution in [0.15, 0.2) is 65.0 Å². The summed E-state index contributed by atoms with van der Waals surface area (Å²) < 4.78 is 12.3. The predicted molar refractivity (Wildman–Crippen MR) is 90.3 cm³/mol. The summed E-state index contributed by atoms with van der Waals surface area (Å²) in [5, 5.41) is 6.02. The zero-order valence-corrected chi connectivity index (χ0v) is 13.7. The average molecular weight is 352 g/mol. The summed E-state index contributed by atoms with van der Waals surface area (Å²) >= 11 is 1.53. The van der Waals surface area contributed by atoms with Gasteiger partial charge in [0.1, 0.15) is 18.6 Å². The molecule has 4 aromatic rings. The molecular weight excluding hydrogens is 340 g/mol. The number of nitrogens with zero attached hydrogens (tertiary/aromatic N) is 4. The molecule has 4 heterocycles. The molecule has 7 nitrogen and oxygen atoms in total. The summed E-state index contributed by atoms with van der Waals surface area (Å²) in [5.74, 6) is 0.671. The lowest BCUT2D eigenvalue weighted by molar-refractivity contribution is 0.0467. The third-order valence-corrected chi connectivity index (χ3v) is 4.22. The largest absolute Gasteiger partial charge is 0.455 e. The number of pyridine rings is 1. The van der Waals surface area contributed by atoms with Crippen LogP contribution >= 0.6 is 11.3 Å². The Morgan fingerprint density at radius 1 is 1.28 bits per heavy atom. The highest BCUT2D eigenvalue weighted by Gasteiger charge is 2.12. The van der Waals surface area contributed by atoms with Crippen molar-refractivity contribution in [1.29, 1.82) is 0 Å². The van der Waals surface area contributed by atoms with Crippen LogP contribution in [-0.4, -0.2) is 25.7 Å². The monoisotopic (exact) mass is 352 g/mol. The molecule has 0 fully saturated rings. The Morgan fingerprint density at radius 2 is 2.24 bits per heavy atom. The van der Waals surface area contributed by atoms with Crippen LogP contribution in [0.5, 0.6) is 0 Å². The Balaban J connectivity index is 1.39. The molecular formula is C17H12N4O3S. The van der Waals surface area contributed by atoms with Gasteiger partial charge in [-0.1, -0.05) is 6.07 Å². The first-order chi connectivity index (χ1) is 12.3. The van der Waals surface area contributed by atoms with Gasteiger partial charge in [-0.3, -0.25) is 0 Å². The lowest BCUT2D eigenvalue weighted by Crippen LogP contribution is -2.07. The zero-order valence-electron chi connectivity index (χ0n) is 12.9. The second-order valence-corrected chi connectivity index (χ2v) is 6.00. The minimum absolute atomic E-state index is 0.0363. The molecule has 4 rings (SSSR count). The summed E-state index contributed by atoms with van der Waals surface area (Å²) in [6, 6.07) is 8.98. The molecule has 0 atom stereocenters. The van der Waals surface area contributed by atoms with Crippen molar-refractivity contribution in [2.24, 2.45) is 0 Å². The van der Waals surface area contributed by atoms with Gasteiger partial charge in [0, 0.05) is 18.6 Å². The second-order valence-electron chi connectivity index (χ2n) is 5.05. The predicted octanol–water partition coefficient (Wildman–Crippen LogP) is 3.34. The molecule has 0 aliphatic heterocycles. The van der Waals surface area contributed by atoms with Crippen molar-refractivity contribution in [3.63, 3.8) is 0 Å². The van der Waals surface area contributed by atoms with Crippen LogP contribution in [0.25, 0.3) is 16.6 Å². The van der Waals surface area contributed by atoms with Crippen LogP contribution in [0.3, 0.4) is 0 Å². The smallest absolute Gasteiger partial charge is 0.340 e. The van der Waals surface area contributed by atoms with Crippen LogP contribution in [0, 0.1) is 0 Å². The highest BCUT2D eigenvalue weighted by atomic mass is 32.1. The molecule has 25 heavy (non-hydrogen) atoms. The topological polar surface area (TPSA) is 83.0 Å². The van der Waals surface area contributed by atoms with Gasteiger partial charge in [0.05, 0.1) is 10.4 Å². The quantitative estimate of drug-likeness (QED) is 0.512. The third-order valence-electron chi connectivity index (χ3n) is 3.36. The van der Waals surface area contributed by atoms with E-state index in [9.17, 15) is 4.79 Å². The lowest BCUT2D eigenvalue weighted by atomic mass is 10.3. The van der Waals surface area contributed by atoms with Crippen LogP contribution in [-0.2, 0) is 11.3 Å². The van der Waals surface area contributed by atoms with Gasteiger partial charge in [-0.25, -0.2) is 19.4 Å². The number of carbonyl (C=O) groups excluding carboxylic acids is 1. The number of carbonyl (C=O) groups is 1. The fraction of sp³-hybridized carbons (Fsp3) is 0.0588. The molecule has 0 amide bonds. The van der Waals surface area contributed by atoms with Gasteiger partial charge in [0.25, 0.3) is 0 Å². The number of hydrogen-bond acceptors (Lipinski definition) is 7. The van der Waals surface area contributed by atoms with Crippen LogP contribution < -0.4 is 0 Å². The molecule has 0 unspecified atom stereocenters. The van der Waals surface area contributed by atoms with Crippen LogP contribution in [0.2, 0.25) is 0 Å². The third kappa shape index (κ3) is 3.33. The van der Waals surface area contributed by atoms with Gasteiger partial charge >= 0.3 is 5.97 Å². The first-order valence-corrected chi connectivity index (χ1v) is 8.29.